The van der Waals surface area contributed by atoms with Crippen LogP contribution in [-0.2, 0) is 11.2 Å². The van der Waals surface area contributed by atoms with Gasteiger partial charge in [0, 0.05) is 18.7 Å². The normalized spacial score (nSPS) is 16.2. The minimum Gasteiger partial charge on any atom is -0.480 e. The molecule has 2 amide bonds. The molecule has 1 heterocycles. The van der Waals surface area contributed by atoms with Crippen molar-refractivity contribution in [2.75, 3.05) is 18.0 Å². The zero-order valence-electron chi connectivity index (χ0n) is 12.0. The molecule has 1 aromatic rings. The fourth-order valence-electron chi connectivity index (χ4n) is 2.59. The number of urea groups is 1. The Hall–Kier alpha value is -2.48. The first-order chi connectivity index (χ1) is 10.1. The molecule has 0 aliphatic carbocycles. The molecule has 110 valence electrons. The van der Waals surface area contributed by atoms with E-state index >= 15 is 0 Å². The van der Waals surface area contributed by atoms with E-state index in [1.807, 2.05) is 19.1 Å². The number of hydrogen-bond donors (Lipinski definition) is 1. The quantitative estimate of drug-likeness (QED) is 0.861. The Morgan fingerprint density at radius 2 is 2.19 bits per heavy atom. The Bertz CT molecular complexity index is 591. The van der Waals surface area contributed by atoms with Crippen LogP contribution in [0.25, 0.3) is 0 Å². The topological polar surface area (TPSA) is 60.9 Å². The van der Waals surface area contributed by atoms with Gasteiger partial charge in [-0.15, -0.1) is 6.42 Å². The lowest BCUT2D eigenvalue weighted by molar-refractivity contribution is -0.138. The van der Waals surface area contributed by atoms with Crippen molar-refractivity contribution in [3.8, 4) is 12.3 Å². The predicted molar refractivity (Wildman–Crippen MR) is 80.1 cm³/mol. The minimum atomic E-state index is -1.00. The lowest BCUT2D eigenvalue weighted by atomic mass is 10.1. The van der Waals surface area contributed by atoms with Gasteiger partial charge in [-0.2, -0.15) is 0 Å². The summed E-state index contributed by atoms with van der Waals surface area (Å²) in [5.74, 6) is 1.45. The highest BCUT2D eigenvalue weighted by Gasteiger charge is 2.39. The average molecular weight is 286 g/mol. The van der Waals surface area contributed by atoms with Gasteiger partial charge in [-0.05, 0) is 18.1 Å². The average Bonchev–Trinajstić information content (AvgIpc) is 2.86. The van der Waals surface area contributed by atoms with E-state index in [0.717, 1.165) is 12.0 Å². The van der Waals surface area contributed by atoms with Crippen LogP contribution >= 0.6 is 0 Å². The molecule has 0 saturated carbocycles. The summed E-state index contributed by atoms with van der Waals surface area (Å²) in [5.41, 5.74) is 1.53. The molecule has 1 atom stereocenters. The highest BCUT2D eigenvalue weighted by atomic mass is 16.4. The van der Waals surface area contributed by atoms with E-state index in [4.69, 9.17) is 6.42 Å². The van der Waals surface area contributed by atoms with Crippen LogP contribution in [0.4, 0.5) is 10.5 Å². The molecule has 2 rings (SSSR count). The highest BCUT2D eigenvalue weighted by Crippen LogP contribution is 2.33. The summed E-state index contributed by atoms with van der Waals surface area (Å²) in [6.45, 7) is 2.63. The number of benzene rings is 1. The van der Waals surface area contributed by atoms with E-state index in [2.05, 4.69) is 5.92 Å². The summed E-state index contributed by atoms with van der Waals surface area (Å²) >= 11 is 0. The lowest BCUT2D eigenvalue weighted by Crippen LogP contribution is -2.50. The molecule has 5 nitrogen and oxygen atoms in total. The van der Waals surface area contributed by atoms with Crippen molar-refractivity contribution in [1.29, 1.82) is 0 Å². The first kappa shape index (κ1) is 14.9. The Labute approximate surface area is 124 Å². The van der Waals surface area contributed by atoms with Crippen LogP contribution in [-0.4, -0.2) is 41.1 Å². The Balaban J connectivity index is 2.36. The number of nitrogens with zero attached hydrogens (tertiary/aromatic N) is 2. The zero-order valence-corrected chi connectivity index (χ0v) is 12.0. The second-order valence-corrected chi connectivity index (χ2v) is 4.97. The first-order valence-electron chi connectivity index (χ1n) is 6.92. The smallest absolute Gasteiger partial charge is 0.327 e. The molecule has 0 radical (unpaired) electrons. The highest BCUT2D eigenvalue weighted by molar-refractivity contribution is 6.01. The molecule has 1 aromatic carbocycles. The second-order valence-electron chi connectivity index (χ2n) is 4.97. The third-order valence-electron chi connectivity index (χ3n) is 3.51. The number of terminal acetylenes is 1. The van der Waals surface area contributed by atoms with Crippen LogP contribution < -0.4 is 4.90 Å². The third-order valence-corrected chi connectivity index (χ3v) is 3.51. The van der Waals surface area contributed by atoms with Gasteiger partial charge in [0.25, 0.3) is 0 Å². The number of rotatable bonds is 4. The molecule has 0 saturated heterocycles. The van der Waals surface area contributed by atoms with Crippen molar-refractivity contribution >= 4 is 17.7 Å². The van der Waals surface area contributed by atoms with Crippen LogP contribution in [0, 0.1) is 12.3 Å². The number of hydrogen-bond acceptors (Lipinski definition) is 2. The van der Waals surface area contributed by atoms with Gasteiger partial charge in [0.1, 0.15) is 6.04 Å². The Kier molecular flexibility index (Phi) is 4.49. The maximum atomic E-state index is 12.7. The number of carbonyl (C=O) groups excluding carboxylic acids is 1. The molecular weight excluding hydrogens is 268 g/mol. The molecule has 1 aliphatic rings. The van der Waals surface area contributed by atoms with Crippen LogP contribution in [0.3, 0.4) is 0 Å². The number of carbonyl (C=O) groups is 2. The maximum Gasteiger partial charge on any atom is 0.327 e. The van der Waals surface area contributed by atoms with E-state index in [-0.39, 0.29) is 12.6 Å². The number of fused-ring (bicyclic) bond motifs is 1. The first-order valence-corrected chi connectivity index (χ1v) is 6.92. The third kappa shape index (κ3) is 2.84. The number of amides is 2. The molecule has 21 heavy (non-hydrogen) atoms. The zero-order chi connectivity index (χ0) is 15.4. The molecule has 0 aromatic heterocycles. The molecule has 1 N–H and O–H groups in total. The predicted octanol–water partition coefficient (Wildman–Crippen LogP) is 1.97. The molecule has 5 heteroatoms. The van der Waals surface area contributed by atoms with E-state index in [0.29, 0.717) is 18.7 Å². The maximum absolute atomic E-state index is 12.7. The summed E-state index contributed by atoms with van der Waals surface area (Å²) in [7, 11) is 0. The van der Waals surface area contributed by atoms with Crippen molar-refractivity contribution in [1.82, 2.24) is 4.90 Å². The molecule has 0 bridgehead atoms. The van der Waals surface area contributed by atoms with Crippen molar-refractivity contribution in [2.24, 2.45) is 0 Å². The Morgan fingerprint density at radius 3 is 2.81 bits per heavy atom. The van der Waals surface area contributed by atoms with Crippen LogP contribution in [0.15, 0.2) is 24.3 Å². The van der Waals surface area contributed by atoms with Crippen molar-refractivity contribution in [3.05, 3.63) is 29.8 Å². The van der Waals surface area contributed by atoms with Gasteiger partial charge in [0.15, 0.2) is 0 Å². The number of carboxylic acid groups (broad SMARTS) is 1. The summed E-state index contributed by atoms with van der Waals surface area (Å²) < 4.78 is 0. The van der Waals surface area contributed by atoms with Gasteiger partial charge >= 0.3 is 12.0 Å². The fraction of sp³-hybridized carbons (Fsp3) is 0.375. The monoisotopic (exact) mass is 286 g/mol. The molecule has 1 unspecified atom stereocenters. The van der Waals surface area contributed by atoms with Gasteiger partial charge in [0.05, 0.1) is 6.54 Å². The van der Waals surface area contributed by atoms with Crippen LogP contribution in [0.1, 0.15) is 18.9 Å². The van der Waals surface area contributed by atoms with Crippen LogP contribution in [0.5, 0.6) is 0 Å². The van der Waals surface area contributed by atoms with Gasteiger partial charge in [-0.1, -0.05) is 31.0 Å². The molecule has 1 aliphatic heterocycles. The minimum absolute atomic E-state index is 0.178. The van der Waals surface area contributed by atoms with Gasteiger partial charge in [-0.3, -0.25) is 4.90 Å². The second kappa shape index (κ2) is 6.31. The molecule has 0 fully saturated rings. The van der Waals surface area contributed by atoms with E-state index in [9.17, 15) is 14.7 Å². The summed E-state index contributed by atoms with van der Waals surface area (Å²) in [6, 6.07) is 6.06. The number of para-hydroxylation sites is 1. The number of anilines is 1. The lowest BCUT2D eigenvalue weighted by Gasteiger charge is -2.29. The number of aliphatic carboxylic acids is 1. The van der Waals surface area contributed by atoms with Crippen molar-refractivity contribution in [2.45, 2.75) is 25.8 Å². The number of carboxylic acids is 1. The SMILES string of the molecule is C#CCN(CCC)C(=O)N1c2ccccc2CC1C(=O)O. The van der Waals surface area contributed by atoms with E-state index < -0.39 is 12.0 Å². The fourth-order valence-corrected chi connectivity index (χ4v) is 2.59. The van der Waals surface area contributed by atoms with Crippen LogP contribution in [0.2, 0.25) is 0 Å². The van der Waals surface area contributed by atoms with Gasteiger partial charge in [0.2, 0.25) is 0 Å². The molecule has 0 spiro atoms. The summed E-state index contributed by atoms with van der Waals surface area (Å²) in [6.07, 6.45) is 6.40. The largest absolute Gasteiger partial charge is 0.480 e. The van der Waals surface area contributed by atoms with Crippen molar-refractivity contribution in [3.63, 3.8) is 0 Å². The summed E-state index contributed by atoms with van der Waals surface area (Å²) in [4.78, 5) is 27.0. The van der Waals surface area contributed by atoms with E-state index in [1.165, 1.54) is 9.80 Å². The summed E-state index contributed by atoms with van der Waals surface area (Å²) in [5, 5.41) is 9.39. The molecular formula is C16H18N2O3. The Morgan fingerprint density at radius 1 is 1.48 bits per heavy atom. The van der Waals surface area contributed by atoms with E-state index in [1.54, 1.807) is 12.1 Å². The van der Waals surface area contributed by atoms with Gasteiger partial charge < -0.3 is 10.0 Å². The van der Waals surface area contributed by atoms with Crippen molar-refractivity contribution < 1.29 is 14.7 Å². The van der Waals surface area contributed by atoms with Gasteiger partial charge in [-0.25, -0.2) is 9.59 Å². The standard InChI is InChI=1S/C16H18N2O3/c1-3-9-17(10-4-2)16(21)18-13-8-6-5-7-12(13)11-14(18)15(19)20/h1,5-8,14H,4,9-11H2,2H3,(H,19,20).